The van der Waals surface area contributed by atoms with Gasteiger partial charge in [0.05, 0.1) is 24.4 Å². The van der Waals surface area contributed by atoms with Gasteiger partial charge in [-0.3, -0.25) is 4.68 Å². The highest BCUT2D eigenvalue weighted by Gasteiger charge is 2.16. The van der Waals surface area contributed by atoms with Gasteiger partial charge >= 0.3 is 5.97 Å². The van der Waals surface area contributed by atoms with Gasteiger partial charge in [0.2, 0.25) is 0 Å². The van der Waals surface area contributed by atoms with Gasteiger partial charge in [0.25, 0.3) is 0 Å². The Labute approximate surface area is 180 Å². The minimum Gasteiger partial charge on any atom is -0.491 e. The van der Waals surface area contributed by atoms with Crippen LogP contribution in [-0.4, -0.2) is 53.4 Å². The average molecular weight is 426 g/mol. The molecule has 3 aromatic rings. The number of carboxylic acids is 1. The second kappa shape index (κ2) is 9.80. The van der Waals surface area contributed by atoms with E-state index in [1.54, 1.807) is 47.3 Å². The summed E-state index contributed by atoms with van der Waals surface area (Å²) in [4.78, 5) is 11.7. The van der Waals surface area contributed by atoms with Crippen molar-refractivity contribution in [1.82, 2.24) is 9.78 Å². The number of aromatic carboxylic acids is 1. The Morgan fingerprint density at radius 2 is 1.90 bits per heavy atom. The number of fused-ring (bicyclic) bond motifs is 1. The van der Waals surface area contributed by atoms with Crippen LogP contribution >= 0.6 is 0 Å². The minimum atomic E-state index is -1.05. The van der Waals surface area contributed by atoms with Crippen molar-refractivity contribution in [3.8, 4) is 17.2 Å². The molecule has 0 aliphatic carbocycles. The molecule has 2 aromatic carbocycles. The molecule has 1 fully saturated rings. The molecule has 1 aromatic heterocycles. The molecular formula is C23H26N2O6. The molecule has 0 saturated carbocycles. The first-order chi connectivity index (χ1) is 15.1. The molecule has 1 saturated heterocycles. The zero-order valence-electron chi connectivity index (χ0n) is 17.5. The zero-order chi connectivity index (χ0) is 21.6. The number of carboxylic acid groups (broad SMARTS) is 1. The van der Waals surface area contributed by atoms with E-state index in [0.717, 1.165) is 37.0 Å². The predicted molar refractivity (Wildman–Crippen MR) is 114 cm³/mol. The van der Waals surface area contributed by atoms with Crippen LogP contribution in [0.1, 0.15) is 30.1 Å². The summed E-state index contributed by atoms with van der Waals surface area (Å²) in [6.45, 7) is 5.15. The van der Waals surface area contributed by atoms with Gasteiger partial charge in [-0.1, -0.05) is 0 Å². The van der Waals surface area contributed by atoms with E-state index in [9.17, 15) is 9.90 Å². The molecule has 0 spiro atoms. The van der Waals surface area contributed by atoms with Crippen LogP contribution in [0.25, 0.3) is 10.9 Å². The van der Waals surface area contributed by atoms with E-state index in [2.05, 4.69) is 5.10 Å². The van der Waals surface area contributed by atoms with Crippen molar-refractivity contribution in [2.75, 3.05) is 26.4 Å². The number of nitrogens with zero attached hydrogens (tertiary/aromatic N) is 2. The zero-order valence-corrected chi connectivity index (χ0v) is 17.5. The number of hydrogen-bond donors (Lipinski definition) is 1. The number of aryl methyl sites for hydroxylation is 1. The van der Waals surface area contributed by atoms with E-state index < -0.39 is 5.97 Å². The molecule has 0 unspecified atom stereocenters. The molecule has 164 valence electrons. The van der Waals surface area contributed by atoms with Crippen molar-refractivity contribution in [3.63, 3.8) is 0 Å². The van der Waals surface area contributed by atoms with Crippen LogP contribution in [0, 0.1) is 0 Å². The van der Waals surface area contributed by atoms with Gasteiger partial charge in [0.15, 0.2) is 0 Å². The molecular weight excluding hydrogens is 400 g/mol. The summed E-state index contributed by atoms with van der Waals surface area (Å²) in [7, 11) is 0. The van der Waals surface area contributed by atoms with Gasteiger partial charge in [-0.05, 0) is 50.1 Å². The van der Waals surface area contributed by atoms with Crippen molar-refractivity contribution in [3.05, 3.63) is 48.2 Å². The molecule has 0 radical (unpaired) electrons. The molecule has 1 aliphatic heterocycles. The Hall–Kier alpha value is -3.10. The number of ether oxygens (including phenoxy) is 4. The Kier molecular flexibility index (Phi) is 6.69. The monoisotopic (exact) mass is 426 g/mol. The number of rotatable bonds is 9. The summed E-state index contributed by atoms with van der Waals surface area (Å²) in [5.41, 5.74) is 0.917. The molecule has 0 bridgehead atoms. The van der Waals surface area contributed by atoms with Crippen molar-refractivity contribution in [2.45, 2.75) is 32.4 Å². The van der Waals surface area contributed by atoms with E-state index >= 15 is 0 Å². The molecule has 0 atom stereocenters. The summed E-state index contributed by atoms with van der Waals surface area (Å²) >= 11 is 0. The van der Waals surface area contributed by atoms with E-state index in [-0.39, 0.29) is 17.4 Å². The van der Waals surface area contributed by atoms with Crippen molar-refractivity contribution in [1.29, 1.82) is 0 Å². The first kappa shape index (κ1) is 21.1. The first-order valence-electron chi connectivity index (χ1n) is 10.5. The number of hydrogen-bond acceptors (Lipinski definition) is 6. The van der Waals surface area contributed by atoms with Gasteiger partial charge in [0.1, 0.15) is 29.4 Å². The lowest BCUT2D eigenvalue weighted by Crippen LogP contribution is -2.25. The second-order valence-electron chi connectivity index (χ2n) is 7.28. The van der Waals surface area contributed by atoms with E-state index in [4.69, 9.17) is 18.9 Å². The molecule has 1 aliphatic rings. The highest BCUT2D eigenvalue weighted by atomic mass is 16.5. The standard InChI is InChI=1S/C23H26N2O6/c1-2-25-21-14-22(20(23(26)27)13-16(21)15-24-25)31-19-5-3-17(4-6-19)29-11-12-30-18-7-9-28-10-8-18/h3-6,13-15,18H,2,7-12H2,1H3,(H,26,27). The van der Waals surface area contributed by atoms with E-state index in [1.165, 1.54) is 0 Å². The maximum Gasteiger partial charge on any atom is 0.339 e. The van der Waals surface area contributed by atoms with Gasteiger partial charge in [-0.15, -0.1) is 0 Å². The molecule has 0 amide bonds. The van der Waals surface area contributed by atoms with Crippen LogP contribution in [0.4, 0.5) is 0 Å². The molecule has 8 heteroatoms. The minimum absolute atomic E-state index is 0.0914. The third-order valence-electron chi connectivity index (χ3n) is 5.20. The molecule has 8 nitrogen and oxygen atoms in total. The fourth-order valence-electron chi connectivity index (χ4n) is 3.56. The van der Waals surface area contributed by atoms with Gasteiger partial charge in [-0.2, -0.15) is 5.10 Å². The van der Waals surface area contributed by atoms with Gasteiger partial charge in [0, 0.05) is 31.2 Å². The SMILES string of the molecule is CCn1ncc2cc(C(=O)O)c(Oc3ccc(OCCOC4CCOCC4)cc3)cc21. The fraction of sp³-hybridized carbons (Fsp3) is 0.391. The lowest BCUT2D eigenvalue weighted by atomic mass is 10.1. The van der Waals surface area contributed by atoms with Crippen LogP contribution < -0.4 is 9.47 Å². The normalized spacial score (nSPS) is 14.6. The largest absolute Gasteiger partial charge is 0.491 e. The molecule has 2 heterocycles. The Morgan fingerprint density at radius 1 is 1.16 bits per heavy atom. The van der Waals surface area contributed by atoms with Crippen LogP contribution in [-0.2, 0) is 16.0 Å². The quantitative estimate of drug-likeness (QED) is 0.515. The second-order valence-corrected chi connectivity index (χ2v) is 7.28. The third kappa shape index (κ3) is 5.15. The third-order valence-corrected chi connectivity index (χ3v) is 5.20. The van der Waals surface area contributed by atoms with Gasteiger partial charge in [-0.25, -0.2) is 4.79 Å². The van der Waals surface area contributed by atoms with E-state index in [0.29, 0.717) is 31.3 Å². The van der Waals surface area contributed by atoms with Crippen LogP contribution in [0.5, 0.6) is 17.2 Å². The highest BCUT2D eigenvalue weighted by Crippen LogP contribution is 2.31. The molecule has 4 rings (SSSR count). The summed E-state index contributed by atoms with van der Waals surface area (Å²) in [6, 6.07) is 10.4. The van der Waals surface area contributed by atoms with Crippen molar-refractivity contribution < 1.29 is 28.8 Å². The Bertz CT molecular complexity index is 1020. The van der Waals surface area contributed by atoms with Crippen molar-refractivity contribution in [2.24, 2.45) is 0 Å². The summed E-state index contributed by atoms with van der Waals surface area (Å²) in [6.07, 6.45) is 3.76. The number of aromatic nitrogens is 2. The lowest BCUT2D eigenvalue weighted by molar-refractivity contribution is -0.0388. The molecule has 1 N–H and O–H groups in total. The summed E-state index contributed by atoms with van der Waals surface area (Å²) in [5.74, 6) is 0.440. The number of benzene rings is 2. The maximum atomic E-state index is 11.7. The first-order valence-corrected chi connectivity index (χ1v) is 10.5. The van der Waals surface area contributed by atoms with E-state index in [1.807, 2.05) is 6.92 Å². The summed E-state index contributed by atoms with van der Waals surface area (Å²) < 4.78 is 24.5. The molecule has 31 heavy (non-hydrogen) atoms. The van der Waals surface area contributed by atoms with Gasteiger partial charge < -0.3 is 24.1 Å². The van der Waals surface area contributed by atoms with Crippen molar-refractivity contribution >= 4 is 16.9 Å². The smallest absolute Gasteiger partial charge is 0.339 e. The Morgan fingerprint density at radius 3 is 2.61 bits per heavy atom. The van der Waals surface area contributed by atoms with Crippen LogP contribution in [0.15, 0.2) is 42.6 Å². The topological polar surface area (TPSA) is 92.0 Å². The predicted octanol–water partition coefficient (Wildman–Crippen LogP) is 4.12. The highest BCUT2D eigenvalue weighted by molar-refractivity contribution is 5.96. The Balaban J connectivity index is 1.38. The summed E-state index contributed by atoms with van der Waals surface area (Å²) in [5, 5.41) is 14.6. The number of carbonyl (C=O) groups is 1. The maximum absolute atomic E-state index is 11.7. The van der Waals surface area contributed by atoms with Crippen LogP contribution in [0.2, 0.25) is 0 Å². The fourth-order valence-corrected chi connectivity index (χ4v) is 3.56. The van der Waals surface area contributed by atoms with Crippen LogP contribution in [0.3, 0.4) is 0 Å². The average Bonchev–Trinajstić information content (AvgIpc) is 3.20. The lowest BCUT2D eigenvalue weighted by Gasteiger charge is -2.22.